The van der Waals surface area contributed by atoms with Gasteiger partial charge in [0.1, 0.15) is 0 Å². The number of benzene rings is 3. The topological polar surface area (TPSA) is 101 Å². The van der Waals surface area contributed by atoms with Gasteiger partial charge in [0.15, 0.2) is 5.92 Å². The molecule has 0 aliphatic carbocycles. The predicted octanol–water partition coefficient (Wildman–Crippen LogP) is 5.28. The Balaban J connectivity index is 1.43. The molecule has 8 nitrogen and oxygen atoms in total. The smallest absolute Gasteiger partial charge is 0.270 e. The van der Waals surface area contributed by atoms with E-state index < -0.39 is 33.7 Å². The zero-order valence-electron chi connectivity index (χ0n) is 21.2. The van der Waals surface area contributed by atoms with Crippen LogP contribution in [0.2, 0.25) is 0 Å². The lowest BCUT2D eigenvalue weighted by Crippen LogP contribution is -2.36. The summed E-state index contributed by atoms with van der Waals surface area (Å²) in [5.74, 6) is -5.75. The lowest BCUT2D eigenvalue weighted by atomic mass is 10.0. The summed E-state index contributed by atoms with van der Waals surface area (Å²) in [6.07, 6.45) is 1.44. The van der Waals surface area contributed by atoms with Crippen LogP contribution >= 0.6 is 0 Å². The highest BCUT2D eigenvalue weighted by Gasteiger charge is 2.40. The maximum absolute atomic E-state index is 13.7. The highest BCUT2D eigenvalue weighted by Crippen LogP contribution is 2.32. The molecule has 0 bridgehead atoms. The third kappa shape index (κ3) is 4.81. The van der Waals surface area contributed by atoms with Gasteiger partial charge in [-0.15, -0.1) is 0 Å². The maximum Gasteiger partial charge on any atom is 0.270 e. The molecule has 1 aliphatic heterocycles. The van der Waals surface area contributed by atoms with Crippen LogP contribution in [0.1, 0.15) is 25.0 Å². The summed E-state index contributed by atoms with van der Waals surface area (Å²) in [5.41, 5.74) is 1.58. The van der Waals surface area contributed by atoms with Crippen LogP contribution < -0.4 is 10.3 Å². The van der Waals surface area contributed by atoms with Crippen molar-refractivity contribution in [3.05, 3.63) is 90.1 Å². The molecule has 0 saturated carbocycles. The second-order valence-electron chi connectivity index (χ2n) is 9.46. The number of hydrazone groups is 1. The van der Waals surface area contributed by atoms with Crippen LogP contribution in [0.15, 0.2) is 89.0 Å². The van der Waals surface area contributed by atoms with Crippen LogP contribution in [0.4, 0.5) is 20.2 Å². The van der Waals surface area contributed by atoms with Crippen molar-refractivity contribution >= 4 is 49.8 Å². The summed E-state index contributed by atoms with van der Waals surface area (Å²) in [6.45, 7) is 4.13. The van der Waals surface area contributed by atoms with Crippen molar-refractivity contribution in [3.63, 3.8) is 0 Å². The van der Waals surface area contributed by atoms with Crippen molar-refractivity contribution in [2.45, 2.75) is 31.6 Å². The molecule has 1 N–H and O–H groups in total. The molecular formula is C28H24F2N4O4S. The van der Waals surface area contributed by atoms with E-state index in [0.29, 0.717) is 10.9 Å². The fraction of sp³-hybridized carbons (Fsp3) is 0.179. The summed E-state index contributed by atoms with van der Waals surface area (Å²) >= 11 is 0. The summed E-state index contributed by atoms with van der Waals surface area (Å²) in [7, 11) is -3.92. The van der Waals surface area contributed by atoms with Gasteiger partial charge in [0.2, 0.25) is 5.91 Å². The first-order valence-corrected chi connectivity index (χ1v) is 13.4. The average Bonchev–Trinajstić information content (AvgIpc) is 3.44. The summed E-state index contributed by atoms with van der Waals surface area (Å²) in [5, 5.41) is 8.45. The summed E-state index contributed by atoms with van der Waals surface area (Å²) < 4.78 is 55.2. The molecule has 0 fully saturated rings. The Bertz CT molecular complexity index is 1760. The minimum Gasteiger partial charge on any atom is -0.325 e. The van der Waals surface area contributed by atoms with Crippen LogP contribution in [0, 0.1) is 12.8 Å². The van der Waals surface area contributed by atoms with E-state index in [9.17, 15) is 26.8 Å². The Kier molecular flexibility index (Phi) is 6.34. The van der Waals surface area contributed by atoms with Gasteiger partial charge in [-0.1, -0.05) is 35.9 Å². The first kappa shape index (κ1) is 26.2. The largest absolute Gasteiger partial charge is 0.325 e. The Hall–Kier alpha value is -4.38. The van der Waals surface area contributed by atoms with Crippen LogP contribution in [-0.4, -0.2) is 29.9 Å². The number of nitrogens with one attached hydrogen (secondary N) is 1. The van der Waals surface area contributed by atoms with Gasteiger partial charge in [0.25, 0.3) is 21.9 Å². The highest BCUT2D eigenvalue weighted by molar-refractivity contribution is 7.90. The van der Waals surface area contributed by atoms with Gasteiger partial charge in [-0.2, -0.15) is 10.1 Å². The first-order valence-electron chi connectivity index (χ1n) is 12.0. The molecule has 1 aromatic heterocycles. The molecule has 0 radical (unpaired) electrons. The van der Waals surface area contributed by atoms with Gasteiger partial charge in [-0.25, -0.2) is 21.2 Å². The molecule has 1 atom stereocenters. The number of alkyl halides is 2. The van der Waals surface area contributed by atoms with E-state index in [4.69, 9.17) is 0 Å². The molecule has 0 spiro atoms. The second kappa shape index (κ2) is 9.42. The van der Waals surface area contributed by atoms with Crippen molar-refractivity contribution in [2.24, 2.45) is 11.0 Å². The molecule has 4 aromatic rings. The number of fused-ring (bicyclic) bond motifs is 1. The van der Waals surface area contributed by atoms with Crippen LogP contribution in [0.5, 0.6) is 0 Å². The van der Waals surface area contributed by atoms with Crippen molar-refractivity contribution in [3.8, 4) is 0 Å². The molecule has 11 heteroatoms. The molecule has 3 aromatic carbocycles. The zero-order chi connectivity index (χ0) is 28.1. The van der Waals surface area contributed by atoms with Crippen molar-refractivity contribution < 1.29 is 26.8 Å². The number of anilines is 2. The highest BCUT2D eigenvalue weighted by atomic mass is 32.2. The first-order chi connectivity index (χ1) is 18.4. The fourth-order valence-corrected chi connectivity index (χ4v) is 5.74. The van der Waals surface area contributed by atoms with Crippen molar-refractivity contribution in [1.29, 1.82) is 0 Å². The third-order valence-electron chi connectivity index (χ3n) is 6.49. The monoisotopic (exact) mass is 550 g/mol. The molecule has 2 heterocycles. The van der Waals surface area contributed by atoms with Crippen molar-refractivity contribution in [2.75, 3.05) is 10.3 Å². The molecule has 39 heavy (non-hydrogen) atoms. The number of aryl methyl sites for hydroxylation is 1. The van der Waals surface area contributed by atoms with Gasteiger partial charge in [-0.3, -0.25) is 9.59 Å². The Morgan fingerprint density at radius 2 is 1.72 bits per heavy atom. The Morgan fingerprint density at radius 1 is 1.00 bits per heavy atom. The van der Waals surface area contributed by atoms with Gasteiger partial charge >= 0.3 is 0 Å². The molecule has 1 aliphatic rings. The summed E-state index contributed by atoms with van der Waals surface area (Å²) in [4.78, 5) is 26.4. The Labute approximate surface area is 223 Å². The standard InChI is InChI=1S/C28H24F2N4O4S/c1-17-7-11-23(12-8-17)39(37,38)33-14-13-19-9-10-22(16-24(19)33)34-27(36)25(18(2)32-34)26(35)31-21-6-4-5-20(15-21)28(3,29)30/h4-16,25H,1-3H3,(H,31,35). The number of hydrogen-bond acceptors (Lipinski definition) is 5. The van der Waals surface area contributed by atoms with E-state index in [1.54, 1.807) is 30.3 Å². The minimum absolute atomic E-state index is 0.115. The van der Waals surface area contributed by atoms with Crippen molar-refractivity contribution in [1.82, 2.24) is 3.97 Å². The van der Waals surface area contributed by atoms with Crippen LogP contribution in [0.25, 0.3) is 10.9 Å². The van der Waals surface area contributed by atoms with E-state index in [1.807, 2.05) is 6.92 Å². The number of rotatable bonds is 6. The minimum atomic E-state index is -3.92. The molecule has 5 rings (SSSR count). The van der Waals surface area contributed by atoms with Crippen LogP contribution in [0.3, 0.4) is 0 Å². The SMILES string of the molecule is CC1=NN(c2ccc3ccn(S(=O)(=O)c4ccc(C)cc4)c3c2)C(=O)C1C(=O)Nc1cccc(C(C)(F)F)c1. The number of halogens is 2. The molecule has 0 saturated heterocycles. The van der Waals surface area contributed by atoms with E-state index in [0.717, 1.165) is 27.5 Å². The molecule has 1 unspecified atom stereocenters. The van der Waals surface area contributed by atoms with E-state index in [1.165, 1.54) is 49.5 Å². The maximum atomic E-state index is 13.7. The number of carbonyl (C=O) groups is 2. The van der Waals surface area contributed by atoms with E-state index >= 15 is 0 Å². The van der Waals surface area contributed by atoms with Gasteiger partial charge in [0.05, 0.1) is 21.8 Å². The number of amides is 2. The zero-order valence-corrected chi connectivity index (χ0v) is 22.0. The molecular weight excluding hydrogens is 526 g/mol. The number of aromatic nitrogens is 1. The van der Waals surface area contributed by atoms with Gasteiger partial charge in [0, 0.05) is 29.8 Å². The van der Waals surface area contributed by atoms with Gasteiger partial charge < -0.3 is 5.32 Å². The Morgan fingerprint density at radius 3 is 2.41 bits per heavy atom. The van der Waals surface area contributed by atoms with E-state index in [2.05, 4.69) is 10.4 Å². The van der Waals surface area contributed by atoms with Gasteiger partial charge in [-0.05, 0) is 56.3 Å². The van der Waals surface area contributed by atoms with Crippen LogP contribution in [-0.2, 0) is 25.5 Å². The normalized spacial score (nSPS) is 16.0. The second-order valence-corrected chi connectivity index (χ2v) is 11.3. The van der Waals surface area contributed by atoms with E-state index in [-0.39, 0.29) is 27.5 Å². The number of hydrogen-bond donors (Lipinski definition) is 1. The molecule has 200 valence electrons. The number of nitrogens with zero attached hydrogens (tertiary/aromatic N) is 3. The number of carbonyl (C=O) groups excluding carboxylic acids is 2. The average molecular weight is 551 g/mol. The quantitative estimate of drug-likeness (QED) is 0.330. The predicted molar refractivity (Wildman–Crippen MR) is 144 cm³/mol. The lowest BCUT2D eigenvalue weighted by Gasteiger charge is -2.16. The fourth-order valence-electron chi connectivity index (χ4n) is 4.39. The lowest BCUT2D eigenvalue weighted by molar-refractivity contribution is -0.127. The third-order valence-corrected chi connectivity index (χ3v) is 8.20. The summed E-state index contributed by atoms with van der Waals surface area (Å²) in [6, 6.07) is 18.1. The molecule has 2 amide bonds.